The number of nitrogens with zero attached hydrogens (tertiary/aromatic N) is 1. The number of rotatable bonds is 4. The summed E-state index contributed by atoms with van der Waals surface area (Å²) < 4.78 is 5.11. The molecule has 1 aromatic heterocycles. The molecule has 0 amide bonds. The van der Waals surface area contributed by atoms with Crippen LogP contribution in [0.2, 0.25) is 0 Å². The summed E-state index contributed by atoms with van der Waals surface area (Å²) in [7, 11) is 1.65. The van der Waals surface area contributed by atoms with Gasteiger partial charge in [-0.25, -0.2) is 4.98 Å². The monoisotopic (exact) mass is 263 g/mol. The molecule has 0 saturated heterocycles. The zero-order chi connectivity index (χ0) is 13.1. The van der Waals surface area contributed by atoms with Crippen LogP contribution >= 0.6 is 11.3 Å². The lowest BCUT2D eigenvalue weighted by Gasteiger charge is -2.10. The summed E-state index contributed by atoms with van der Waals surface area (Å²) in [6, 6.07) is 7.77. The van der Waals surface area contributed by atoms with Gasteiger partial charge in [-0.05, 0) is 31.5 Å². The molecule has 1 N–H and O–H groups in total. The zero-order valence-electron chi connectivity index (χ0n) is 10.8. The Bertz CT molecular complexity index is 519. The van der Waals surface area contributed by atoms with E-state index in [0.29, 0.717) is 6.42 Å². The SMILES string of the molecule is COc1ccc(CC(O)c2sc(C)nc2C)cc1. The Morgan fingerprint density at radius 1 is 1.28 bits per heavy atom. The lowest BCUT2D eigenvalue weighted by molar-refractivity contribution is 0.181. The quantitative estimate of drug-likeness (QED) is 0.922. The van der Waals surface area contributed by atoms with Gasteiger partial charge in [-0.15, -0.1) is 11.3 Å². The van der Waals surface area contributed by atoms with E-state index in [-0.39, 0.29) is 0 Å². The number of hydrogen-bond donors (Lipinski definition) is 1. The van der Waals surface area contributed by atoms with Gasteiger partial charge in [-0.3, -0.25) is 0 Å². The molecule has 2 aromatic rings. The second kappa shape index (κ2) is 5.50. The van der Waals surface area contributed by atoms with Gasteiger partial charge in [0.25, 0.3) is 0 Å². The summed E-state index contributed by atoms with van der Waals surface area (Å²) >= 11 is 1.56. The fraction of sp³-hybridized carbons (Fsp3) is 0.357. The Labute approximate surface area is 111 Å². The molecule has 0 saturated carbocycles. The van der Waals surface area contributed by atoms with Gasteiger partial charge in [0.2, 0.25) is 0 Å². The Kier molecular flexibility index (Phi) is 3.99. The van der Waals surface area contributed by atoms with Crippen molar-refractivity contribution >= 4 is 11.3 Å². The van der Waals surface area contributed by atoms with Crippen LogP contribution in [0.1, 0.15) is 27.2 Å². The van der Waals surface area contributed by atoms with E-state index >= 15 is 0 Å². The van der Waals surface area contributed by atoms with E-state index in [2.05, 4.69) is 4.98 Å². The molecule has 0 fully saturated rings. The van der Waals surface area contributed by atoms with Crippen molar-refractivity contribution in [2.45, 2.75) is 26.4 Å². The summed E-state index contributed by atoms with van der Waals surface area (Å²) in [4.78, 5) is 5.30. The minimum Gasteiger partial charge on any atom is -0.497 e. The summed E-state index contributed by atoms with van der Waals surface area (Å²) in [5.74, 6) is 0.832. The van der Waals surface area contributed by atoms with Crippen LogP contribution in [0.3, 0.4) is 0 Å². The lowest BCUT2D eigenvalue weighted by Crippen LogP contribution is -2.01. The highest BCUT2D eigenvalue weighted by atomic mass is 32.1. The van der Waals surface area contributed by atoms with Crippen molar-refractivity contribution in [3.8, 4) is 5.75 Å². The van der Waals surface area contributed by atoms with Crippen LogP contribution in [0.15, 0.2) is 24.3 Å². The molecule has 0 bridgehead atoms. The molecule has 1 unspecified atom stereocenters. The van der Waals surface area contributed by atoms with Crippen molar-refractivity contribution in [3.05, 3.63) is 45.4 Å². The number of aryl methyl sites for hydroxylation is 2. The highest BCUT2D eigenvalue weighted by Crippen LogP contribution is 2.27. The average Bonchev–Trinajstić information content (AvgIpc) is 2.69. The summed E-state index contributed by atoms with van der Waals surface area (Å²) in [5, 5.41) is 11.2. The van der Waals surface area contributed by atoms with Gasteiger partial charge in [0, 0.05) is 6.42 Å². The van der Waals surface area contributed by atoms with Gasteiger partial charge in [0.05, 0.1) is 28.8 Å². The number of ether oxygens (including phenoxy) is 1. The van der Waals surface area contributed by atoms with Crippen molar-refractivity contribution in [2.75, 3.05) is 7.11 Å². The third-order valence-electron chi connectivity index (χ3n) is 2.83. The van der Waals surface area contributed by atoms with E-state index in [1.807, 2.05) is 38.1 Å². The first kappa shape index (κ1) is 13.1. The number of aliphatic hydroxyl groups is 1. The minimum absolute atomic E-state index is 0.482. The molecular formula is C14H17NO2S. The van der Waals surface area contributed by atoms with E-state index in [0.717, 1.165) is 26.9 Å². The maximum absolute atomic E-state index is 10.2. The van der Waals surface area contributed by atoms with Gasteiger partial charge < -0.3 is 9.84 Å². The molecule has 96 valence electrons. The molecule has 4 heteroatoms. The topological polar surface area (TPSA) is 42.4 Å². The standard InChI is InChI=1S/C14H17NO2S/c1-9-14(18-10(2)15-9)13(16)8-11-4-6-12(17-3)7-5-11/h4-7,13,16H,8H2,1-3H3. The molecule has 3 nitrogen and oxygen atoms in total. The van der Waals surface area contributed by atoms with Crippen molar-refractivity contribution in [1.29, 1.82) is 0 Å². The van der Waals surface area contributed by atoms with Crippen molar-refractivity contribution in [1.82, 2.24) is 4.98 Å². The van der Waals surface area contributed by atoms with Crippen LogP contribution in [-0.4, -0.2) is 17.2 Å². The summed E-state index contributed by atoms with van der Waals surface area (Å²) in [6.07, 6.45) is 0.122. The lowest BCUT2D eigenvalue weighted by atomic mass is 10.1. The molecule has 1 heterocycles. The Morgan fingerprint density at radius 2 is 1.94 bits per heavy atom. The first-order valence-corrected chi connectivity index (χ1v) is 6.66. The van der Waals surface area contributed by atoms with Gasteiger partial charge in [0.15, 0.2) is 0 Å². The number of hydrogen-bond acceptors (Lipinski definition) is 4. The van der Waals surface area contributed by atoms with E-state index in [1.54, 1.807) is 18.4 Å². The molecule has 18 heavy (non-hydrogen) atoms. The molecular weight excluding hydrogens is 246 g/mol. The van der Waals surface area contributed by atoms with Crippen molar-refractivity contribution < 1.29 is 9.84 Å². The molecule has 0 radical (unpaired) electrons. The normalized spacial score (nSPS) is 12.4. The van der Waals surface area contributed by atoms with Crippen LogP contribution in [-0.2, 0) is 6.42 Å². The van der Waals surface area contributed by atoms with Crippen LogP contribution < -0.4 is 4.74 Å². The number of benzene rings is 1. The van der Waals surface area contributed by atoms with E-state index < -0.39 is 6.10 Å². The highest BCUT2D eigenvalue weighted by molar-refractivity contribution is 7.11. The first-order chi connectivity index (χ1) is 8.60. The number of aromatic nitrogens is 1. The van der Waals surface area contributed by atoms with Gasteiger partial charge >= 0.3 is 0 Å². The van der Waals surface area contributed by atoms with Crippen LogP contribution in [0.4, 0.5) is 0 Å². The summed E-state index contributed by atoms with van der Waals surface area (Å²) in [5.41, 5.74) is 2.02. The molecule has 0 aliphatic rings. The third kappa shape index (κ3) is 2.89. The molecule has 2 rings (SSSR count). The smallest absolute Gasteiger partial charge is 0.118 e. The zero-order valence-corrected chi connectivity index (χ0v) is 11.6. The highest BCUT2D eigenvalue weighted by Gasteiger charge is 2.15. The molecule has 0 aliphatic carbocycles. The fourth-order valence-electron chi connectivity index (χ4n) is 1.93. The average molecular weight is 263 g/mol. The predicted octanol–water partition coefficient (Wildman–Crippen LogP) is 3.04. The largest absolute Gasteiger partial charge is 0.497 e. The molecule has 1 aromatic carbocycles. The van der Waals surface area contributed by atoms with Crippen molar-refractivity contribution in [3.63, 3.8) is 0 Å². The maximum atomic E-state index is 10.2. The van der Waals surface area contributed by atoms with Crippen LogP contribution in [0.25, 0.3) is 0 Å². The second-order valence-corrected chi connectivity index (χ2v) is 5.49. The Balaban J connectivity index is 2.10. The van der Waals surface area contributed by atoms with E-state index in [1.165, 1.54) is 0 Å². The van der Waals surface area contributed by atoms with E-state index in [9.17, 15) is 5.11 Å². The van der Waals surface area contributed by atoms with Crippen LogP contribution in [0, 0.1) is 13.8 Å². The number of thiazole rings is 1. The Morgan fingerprint density at radius 3 is 2.44 bits per heavy atom. The van der Waals surface area contributed by atoms with E-state index in [4.69, 9.17) is 4.74 Å². The van der Waals surface area contributed by atoms with Crippen LogP contribution in [0.5, 0.6) is 5.75 Å². The molecule has 0 spiro atoms. The summed E-state index contributed by atoms with van der Waals surface area (Å²) in [6.45, 7) is 3.90. The predicted molar refractivity (Wildman–Crippen MR) is 73.2 cm³/mol. The maximum Gasteiger partial charge on any atom is 0.118 e. The van der Waals surface area contributed by atoms with Crippen molar-refractivity contribution in [2.24, 2.45) is 0 Å². The first-order valence-electron chi connectivity index (χ1n) is 5.85. The number of methoxy groups -OCH3 is 1. The minimum atomic E-state index is -0.482. The third-order valence-corrected chi connectivity index (χ3v) is 4.00. The Hall–Kier alpha value is -1.39. The molecule has 1 atom stereocenters. The van der Waals surface area contributed by atoms with Gasteiger partial charge in [-0.2, -0.15) is 0 Å². The van der Waals surface area contributed by atoms with Gasteiger partial charge in [0.1, 0.15) is 5.75 Å². The number of aliphatic hydroxyl groups excluding tert-OH is 1. The fourth-order valence-corrected chi connectivity index (χ4v) is 2.85. The second-order valence-electron chi connectivity index (χ2n) is 4.25. The molecule has 0 aliphatic heterocycles. The van der Waals surface area contributed by atoms with Gasteiger partial charge in [-0.1, -0.05) is 12.1 Å².